The van der Waals surface area contributed by atoms with Gasteiger partial charge in [-0.25, -0.2) is 13.8 Å². The maximum Gasteiger partial charge on any atom is 0.274 e. The Morgan fingerprint density at radius 2 is 2.09 bits per heavy atom. The number of anilines is 1. The van der Waals surface area contributed by atoms with Crippen molar-refractivity contribution in [3.8, 4) is 0 Å². The third-order valence-corrected chi connectivity index (χ3v) is 3.60. The molecule has 118 valence electrons. The first kappa shape index (κ1) is 15.4. The van der Waals surface area contributed by atoms with E-state index >= 15 is 0 Å². The molecule has 0 unspecified atom stereocenters. The zero-order chi connectivity index (χ0) is 16.6. The lowest BCUT2D eigenvalue weighted by Gasteiger charge is -2.08. The van der Waals surface area contributed by atoms with Crippen LogP contribution in [0.4, 0.5) is 14.5 Å². The number of pyridine rings is 1. The van der Waals surface area contributed by atoms with E-state index < -0.39 is 17.5 Å². The smallest absolute Gasteiger partial charge is 0.274 e. The fourth-order valence-corrected chi connectivity index (χ4v) is 2.49. The van der Waals surface area contributed by atoms with Gasteiger partial charge in [-0.05, 0) is 30.7 Å². The van der Waals surface area contributed by atoms with Crippen LogP contribution in [0.3, 0.4) is 0 Å². The molecule has 3 aromatic rings. The number of imidazole rings is 1. The van der Waals surface area contributed by atoms with Crippen molar-refractivity contribution in [3.63, 3.8) is 0 Å². The van der Waals surface area contributed by atoms with Gasteiger partial charge in [0.15, 0.2) is 0 Å². The fraction of sp³-hybridized carbons (Fsp3) is 0.125. The van der Waals surface area contributed by atoms with Crippen LogP contribution < -0.4 is 5.32 Å². The van der Waals surface area contributed by atoms with Crippen LogP contribution in [0.2, 0.25) is 5.02 Å². The van der Waals surface area contributed by atoms with E-state index in [1.54, 1.807) is 18.3 Å². The van der Waals surface area contributed by atoms with Gasteiger partial charge >= 0.3 is 0 Å². The van der Waals surface area contributed by atoms with Gasteiger partial charge in [-0.15, -0.1) is 0 Å². The van der Waals surface area contributed by atoms with Crippen LogP contribution in [0.5, 0.6) is 0 Å². The van der Waals surface area contributed by atoms with Crippen molar-refractivity contribution >= 4 is 28.8 Å². The Bertz CT molecular complexity index is 908. The van der Waals surface area contributed by atoms with Crippen molar-refractivity contribution in [2.75, 3.05) is 5.32 Å². The van der Waals surface area contributed by atoms with Crippen molar-refractivity contribution in [1.82, 2.24) is 9.38 Å². The highest BCUT2D eigenvalue weighted by Gasteiger charge is 2.19. The second kappa shape index (κ2) is 5.96. The fourth-order valence-electron chi connectivity index (χ4n) is 2.33. The number of halogens is 3. The molecule has 0 aliphatic heterocycles. The summed E-state index contributed by atoms with van der Waals surface area (Å²) in [6.45, 7) is 1.85. The molecule has 0 radical (unpaired) electrons. The molecular formula is C16H12ClF2N3O. The van der Waals surface area contributed by atoms with E-state index in [9.17, 15) is 13.6 Å². The Kier molecular flexibility index (Phi) is 4.00. The zero-order valence-corrected chi connectivity index (χ0v) is 12.9. The number of rotatable bonds is 3. The lowest BCUT2D eigenvalue weighted by molar-refractivity contribution is 0.102. The highest BCUT2D eigenvalue weighted by atomic mass is 35.5. The van der Waals surface area contributed by atoms with Gasteiger partial charge in [-0.3, -0.25) is 9.20 Å². The first-order valence-corrected chi connectivity index (χ1v) is 7.30. The molecule has 3 rings (SSSR count). The topological polar surface area (TPSA) is 46.4 Å². The summed E-state index contributed by atoms with van der Waals surface area (Å²) in [6, 6.07) is 6.21. The number of nitrogens with one attached hydrogen (secondary N) is 1. The molecule has 0 bridgehead atoms. The van der Waals surface area contributed by atoms with E-state index in [-0.39, 0.29) is 11.4 Å². The van der Waals surface area contributed by atoms with Crippen LogP contribution in [-0.4, -0.2) is 15.3 Å². The van der Waals surface area contributed by atoms with Crippen molar-refractivity contribution in [3.05, 3.63) is 64.6 Å². The second-order valence-corrected chi connectivity index (χ2v) is 5.35. The third-order valence-electron chi connectivity index (χ3n) is 3.38. The Morgan fingerprint density at radius 1 is 1.30 bits per heavy atom. The predicted octanol–water partition coefficient (Wildman–Crippen LogP) is 4.08. The highest BCUT2D eigenvalue weighted by Crippen LogP contribution is 2.20. The van der Waals surface area contributed by atoms with E-state index in [0.717, 1.165) is 18.2 Å². The maximum atomic E-state index is 13.7. The normalized spacial score (nSPS) is 11.0. The largest absolute Gasteiger partial charge is 0.318 e. The molecule has 1 N–H and O–H groups in total. The van der Waals surface area contributed by atoms with E-state index in [4.69, 9.17) is 11.6 Å². The van der Waals surface area contributed by atoms with E-state index in [1.165, 1.54) is 4.40 Å². The minimum atomic E-state index is -0.718. The summed E-state index contributed by atoms with van der Waals surface area (Å²) in [5.74, 6) is -1.94. The summed E-state index contributed by atoms with van der Waals surface area (Å²) < 4.78 is 28.5. The molecule has 2 heterocycles. The zero-order valence-electron chi connectivity index (χ0n) is 12.1. The van der Waals surface area contributed by atoms with Crippen LogP contribution in [-0.2, 0) is 6.42 Å². The molecule has 7 heteroatoms. The summed E-state index contributed by atoms with van der Waals surface area (Å²) in [5.41, 5.74) is 1.11. The lowest BCUT2D eigenvalue weighted by Crippen LogP contribution is -2.17. The molecule has 4 nitrogen and oxygen atoms in total. The first-order valence-electron chi connectivity index (χ1n) is 6.92. The van der Waals surface area contributed by atoms with E-state index in [1.807, 2.05) is 6.92 Å². The average molecular weight is 336 g/mol. The number of carbonyl (C=O) groups excluding carboxylic acids is 1. The molecule has 2 aromatic heterocycles. The lowest BCUT2D eigenvalue weighted by atomic mass is 10.2. The van der Waals surface area contributed by atoms with Crippen LogP contribution in [0.15, 0.2) is 36.5 Å². The summed E-state index contributed by atoms with van der Waals surface area (Å²) in [5, 5.41) is 2.82. The summed E-state index contributed by atoms with van der Waals surface area (Å²) in [4.78, 5) is 16.9. The molecule has 0 saturated heterocycles. The summed E-state index contributed by atoms with van der Waals surface area (Å²) >= 11 is 5.96. The monoisotopic (exact) mass is 335 g/mol. The number of hydrogen-bond acceptors (Lipinski definition) is 2. The molecule has 0 fully saturated rings. The number of aryl methyl sites for hydroxylation is 1. The van der Waals surface area contributed by atoms with Crippen LogP contribution in [0.25, 0.3) is 5.65 Å². The van der Waals surface area contributed by atoms with Gasteiger partial charge in [0.25, 0.3) is 5.91 Å². The minimum absolute atomic E-state index is 0.228. The molecule has 1 amide bonds. The average Bonchev–Trinajstić information content (AvgIpc) is 2.88. The van der Waals surface area contributed by atoms with Crippen LogP contribution in [0.1, 0.15) is 23.1 Å². The SMILES string of the molecule is CCc1nc2ccc(Cl)cn2c1C(=O)Nc1cc(F)ccc1F. The molecule has 0 saturated carbocycles. The molecule has 1 aromatic carbocycles. The van der Waals surface area contributed by atoms with Gasteiger partial charge < -0.3 is 5.32 Å². The van der Waals surface area contributed by atoms with Crippen molar-refractivity contribution in [2.24, 2.45) is 0 Å². The number of benzene rings is 1. The number of amides is 1. The Labute approximate surface area is 135 Å². The van der Waals surface area contributed by atoms with Gasteiger partial charge in [-0.2, -0.15) is 0 Å². The number of aromatic nitrogens is 2. The molecule has 0 aliphatic carbocycles. The molecule has 0 aliphatic rings. The first-order chi connectivity index (χ1) is 11.0. The van der Waals surface area contributed by atoms with Crippen LogP contribution in [0, 0.1) is 11.6 Å². The summed E-state index contributed by atoms with van der Waals surface area (Å²) in [6.07, 6.45) is 2.06. The minimum Gasteiger partial charge on any atom is -0.318 e. The van der Waals surface area contributed by atoms with Crippen LogP contribution >= 0.6 is 11.6 Å². The van der Waals surface area contributed by atoms with Crippen molar-refractivity contribution < 1.29 is 13.6 Å². The van der Waals surface area contributed by atoms with Gasteiger partial charge in [-0.1, -0.05) is 18.5 Å². The number of carbonyl (C=O) groups is 1. The van der Waals surface area contributed by atoms with E-state index in [2.05, 4.69) is 10.3 Å². The third kappa shape index (κ3) is 2.90. The molecule has 23 heavy (non-hydrogen) atoms. The number of hydrogen-bond donors (Lipinski definition) is 1. The highest BCUT2D eigenvalue weighted by molar-refractivity contribution is 6.30. The quantitative estimate of drug-likeness (QED) is 0.784. The maximum absolute atomic E-state index is 13.7. The number of fused-ring (bicyclic) bond motifs is 1. The Morgan fingerprint density at radius 3 is 2.83 bits per heavy atom. The predicted molar refractivity (Wildman–Crippen MR) is 83.9 cm³/mol. The van der Waals surface area contributed by atoms with Crippen molar-refractivity contribution in [1.29, 1.82) is 0 Å². The second-order valence-electron chi connectivity index (χ2n) is 4.91. The Hall–Kier alpha value is -2.47. The van der Waals surface area contributed by atoms with Gasteiger partial charge in [0, 0.05) is 12.3 Å². The van der Waals surface area contributed by atoms with Crippen molar-refractivity contribution in [2.45, 2.75) is 13.3 Å². The van der Waals surface area contributed by atoms with Gasteiger partial charge in [0.1, 0.15) is 23.0 Å². The number of nitrogens with zero attached hydrogens (tertiary/aromatic N) is 2. The Balaban J connectivity index is 2.06. The standard InChI is InChI=1S/C16H12ClF2N3O/c1-2-12-15(22-8-9(17)3-6-14(22)20-12)16(23)21-13-7-10(18)4-5-11(13)19/h3-8H,2H2,1H3,(H,21,23). The van der Waals surface area contributed by atoms with E-state index in [0.29, 0.717) is 22.8 Å². The molecule has 0 spiro atoms. The van der Waals surface area contributed by atoms with Gasteiger partial charge in [0.05, 0.1) is 16.4 Å². The molecular weight excluding hydrogens is 324 g/mol. The van der Waals surface area contributed by atoms with Gasteiger partial charge in [0.2, 0.25) is 0 Å². The summed E-state index contributed by atoms with van der Waals surface area (Å²) in [7, 11) is 0. The molecule has 0 atom stereocenters.